The van der Waals surface area contributed by atoms with Gasteiger partial charge in [-0.3, -0.25) is 4.79 Å². The van der Waals surface area contributed by atoms with E-state index in [9.17, 15) is 14.9 Å². The van der Waals surface area contributed by atoms with Gasteiger partial charge < -0.3 is 25.5 Å². The van der Waals surface area contributed by atoms with E-state index in [-0.39, 0.29) is 29.6 Å². The summed E-state index contributed by atoms with van der Waals surface area (Å²) in [6, 6.07) is 2.51. The Morgan fingerprint density at radius 1 is 1.56 bits per heavy atom. The lowest BCUT2D eigenvalue weighted by molar-refractivity contribution is -0.389. The van der Waals surface area contributed by atoms with E-state index in [4.69, 9.17) is 4.74 Å². The minimum atomic E-state index is -0.578. The molecule has 0 bridgehead atoms. The topological polar surface area (TPSA) is 109 Å². The maximum absolute atomic E-state index is 11.8. The maximum Gasteiger partial charge on any atom is 0.321 e. The Bertz CT molecular complexity index is 458. The zero-order valence-electron chi connectivity index (χ0n) is 9.80. The van der Waals surface area contributed by atoms with Gasteiger partial charge in [-0.15, -0.1) is 0 Å². The van der Waals surface area contributed by atoms with Crippen LogP contribution in [0.4, 0.5) is 5.82 Å². The van der Waals surface area contributed by atoms with Gasteiger partial charge in [0.25, 0.3) is 5.91 Å². The van der Waals surface area contributed by atoms with Gasteiger partial charge in [-0.05, 0) is 11.0 Å². The summed E-state index contributed by atoms with van der Waals surface area (Å²) in [5.74, 6) is -0.577. The van der Waals surface area contributed by atoms with E-state index in [2.05, 4.69) is 15.6 Å². The van der Waals surface area contributed by atoms with Crippen LogP contribution in [0.2, 0.25) is 0 Å². The summed E-state index contributed by atoms with van der Waals surface area (Å²) < 4.78 is 5.21. The van der Waals surface area contributed by atoms with Gasteiger partial charge in [0.15, 0.2) is 5.69 Å². The summed E-state index contributed by atoms with van der Waals surface area (Å²) in [5, 5.41) is 16.4. The van der Waals surface area contributed by atoms with Crippen LogP contribution >= 0.6 is 0 Å². The molecule has 0 saturated carbocycles. The number of hydrogen-bond acceptors (Lipinski definition) is 5. The van der Waals surface area contributed by atoms with Crippen LogP contribution in [-0.2, 0) is 4.74 Å². The Morgan fingerprint density at radius 3 is 2.94 bits per heavy atom. The molecule has 8 heteroatoms. The van der Waals surface area contributed by atoms with Crippen LogP contribution in [0.3, 0.4) is 0 Å². The second-order valence-corrected chi connectivity index (χ2v) is 4.03. The number of rotatable bonds is 4. The quantitative estimate of drug-likeness (QED) is 0.502. The number of methoxy groups -OCH3 is 1. The third-order valence-electron chi connectivity index (χ3n) is 2.89. The van der Waals surface area contributed by atoms with Gasteiger partial charge in [-0.2, -0.15) is 0 Å². The van der Waals surface area contributed by atoms with Crippen molar-refractivity contribution in [2.45, 2.75) is 12.1 Å². The normalized spacial score (nSPS) is 22.9. The number of nitrogens with one attached hydrogen (secondary N) is 3. The van der Waals surface area contributed by atoms with E-state index in [1.165, 1.54) is 12.1 Å². The summed E-state index contributed by atoms with van der Waals surface area (Å²) in [7, 11) is 1.58. The molecule has 0 spiro atoms. The summed E-state index contributed by atoms with van der Waals surface area (Å²) in [6.45, 7) is 1.29. The highest BCUT2D eigenvalue weighted by Crippen LogP contribution is 2.11. The molecule has 3 N–H and O–H groups in total. The minimum Gasteiger partial charge on any atom is -0.378 e. The molecule has 1 aromatic heterocycles. The molecule has 1 aliphatic rings. The first-order valence-electron chi connectivity index (χ1n) is 5.49. The number of nitrogens with zero attached hydrogens (tertiary/aromatic N) is 1. The predicted octanol–water partition coefficient (Wildman–Crippen LogP) is -0.360. The fraction of sp³-hybridized carbons (Fsp3) is 0.500. The number of hydrogen-bond donors (Lipinski definition) is 3. The molecule has 18 heavy (non-hydrogen) atoms. The van der Waals surface area contributed by atoms with Gasteiger partial charge in [0, 0.05) is 26.3 Å². The van der Waals surface area contributed by atoms with E-state index in [0.717, 1.165) is 0 Å². The van der Waals surface area contributed by atoms with Gasteiger partial charge in [-0.25, -0.2) is 4.98 Å². The van der Waals surface area contributed by atoms with Crippen molar-refractivity contribution >= 4 is 11.7 Å². The molecule has 1 fully saturated rings. The van der Waals surface area contributed by atoms with Crippen LogP contribution in [0.15, 0.2) is 12.1 Å². The summed E-state index contributed by atoms with van der Waals surface area (Å²) in [6.07, 6.45) is -0.0844. The molecule has 1 aliphatic heterocycles. The molecule has 1 saturated heterocycles. The molecule has 0 radical (unpaired) electrons. The fourth-order valence-corrected chi connectivity index (χ4v) is 1.92. The molecule has 2 atom stereocenters. The molecule has 0 aromatic carbocycles. The Labute approximate surface area is 103 Å². The second-order valence-electron chi connectivity index (χ2n) is 4.03. The monoisotopic (exact) mass is 254 g/mol. The lowest BCUT2D eigenvalue weighted by Gasteiger charge is -2.17. The summed E-state index contributed by atoms with van der Waals surface area (Å²) in [5.41, 5.74) is 0.170. The number of carbonyl (C=O) groups excluding carboxylic acids is 1. The van der Waals surface area contributed by atoms with Crippen molar-refractivity contribution in [3.8, 4) is 0 Å². The smallest absolute Gasteiger partial charge is 0.321 e. The van der Waals surface area contributed by atoms with Crippen molar-refractivity contribution in [3.05, 3.63) is 27.9 Å². The zero-order chi connectivity index (χ0) is 13.1. The molecule has 8 nitrogen and oxygen atoms in total. The van der Waals surface area contributed by atoms with Crippen molar-refractivity contribution in [3.63, 3.8) is 0 Å². The largest absolute Gasteiger partial charge is 0.378 e. The maximum atomic E-state index is 11.8. The Hall–Kier alpha value is -1.93. The van der Waals surface area contributed by atoms with E-state index in [1.54, 1.807) is 7.11 Å². The van der Waals surface area contributed by atoms with Gasteiger partial charge in [0.2, 0.25) is 0 Å². The molecular formula is C10H14N4O4. The Kier molecular flexibility index (Phi) is 3.58. The first-order chi connectivity index (χ1) is 8.61. The van der Waals surface area contributed by atoms with E-state index < -0.39 is 4.92 Å². The number of carbonyl (C=O) groups is 1. The molecule has 1 amide bonds. The van der Waals surface area contributed by atoms with Gasteiger partial charge >= 0.3 is 5.82 Å². The summed E-state index contributed by atoms with van der Waals surface area (Å²) >= 11 is 0. The molecule has 2 heterocycles. The van der Waals surface area contributed by atoms with Crippen LogP contribution < -0.4 is 10.6 Å². The van der Waals surface area contributed by atoms with Crippen LogP contribution in [0.5, 0.6) is 0 Å². The Morgan fingerprint density at radius 2 is 2.33 bits per heavy atom. The number of amides is 1. The number of nitro groups is 1. The number of H-pyrrole nitrogens is 1. The van der Waals surface area contributed by atoms with E-state index in [0.29, 0.717) is 13.1 Å². The van der Waals surface area contributed by atoms with Gasteiger partial charge in [0.1, 0.15) is 0 Å². The highest BCUT2D eigenvalue weighted by Gasteiger charge is 2.29. The first-order valence-corrected chi connectivity index (χ1v) is 5.49. The average molecular weight is 254 g/mol. The molecule has 2 rings (SSSR count). The molecule has 0 aliphatic carbocycles. The summed E-state index contributed by atoms with van der Waals surface area (Å²) in [4.78, 5) is 24.2. The van der Waals surface area contributed by atoms with Crippen LogP contribution in [-0.4, -0.2) is 48.2 Å². The molecular weight excluding hydrogens is 240 g/mol. The van der Waals surface area contributed by atoms with E-state index >= 15 is 0 Å². The third-order valence-corrected chi connectivity index (χ3v) is 2.89. The number of aromatic amines is 1. The third kappa shape index (κ3) is 2.49. The van der Waals surface area contributed by atoms with Gasteiger partial charge in [0.05, 0.1) is 12.1 Å². The van der Waals surface area contributed by atoms with Gasteiger partial charge in [-0.1, -0.05) is 0 Å². The SMILES string of the molecule is CO[C@H]1CNCC1NC(=O)c1ccc([N+](=O)[O-])[nH]1. The molecule has 1 aromatic rings. The van der Waals surface area contributed by atoms with Crippen molar-refractivity contribution < 1.29 is 14.5 Å². The standard InChI is InChI=1S/C10H14N4O4/c1-18-8-5-11-4-7(8)13-10(15)6-2-3-9(12-6)14(16)17/h2-3,7-8,11-12H,4-5H2,1H3,(H,13,15)/t7?,8-/m0/s1. The fourth-order valence-electron chi connectivity index (χ4n) is 1.92. The average Bonchev–Trinajstić information content (AvgIpc) is 2.96. The van der Waals surface area contributed by atoms with Crippen molar-refractivity contribution in [2.24, 2.45) is 0 Å². The second kappa shape index (κ2) is 5.15. The van der Waals surface area contributed by atoms with Crippen LogP contribution in [0.1, 0.15) is 10.5 Å². The number of aromatic nitrogens is 1. The van der Waals surface area contributed by atoms with Crippen LogP contribution in [0.25, 0.3) is 0 Å². The first kappa shape index (κ1) is 12.5. The molecule has 1 unspecified atom stereocenters. The van der Waals surface area contributed by atoms with Crippen molar-refractivity contribution in [2.75, 3.05) is 20.2 Å². The highest BCUT2D eigenvalue weighted by atomic mass is 16.6. The van der Waals surface area contributed by atoms with Crippen LogP contribution in [0, 0.1) is 10.1 Å². The lowest BCUT2D eigenvalue weighted by Crippen LogP contribution is -2.43. The number of ether oxygens (including phenoxy) is 1. The van der Waals surface area contributed by atoms with E-state index in [1.807, 2.05) is 0 Å². The zero-order valence-corrected chi connectivity index (χ0v) is 9.80. The lowest BCUT2D eigenvalue weighted by atomic mass is 10.2. The predicted molar refractivity (Wildman–Crippen MR) is 62.4 cm³/mol. The van der Waals surface area contributed by atoms with Crippen molar-refractivity contribution in [1.29, 1.82) is 0 Å². The Balaban J connectivity index is 2.00. The minimum absolute atomic E-state index is 0.0844. The van der Waals surface area contributed by atoms with Crippen molar-refractivity contribution in [1.82, 2.24) is 15.6 Å². The highest BCUT2D eigenvalue weighted by molar-refractivity contribution is 5.93. The molecule has 98 valence electrons.